The van der Waals surface area contributed by atoms with E-state index in [1.807, 2.05) is 36.4 Å². The van der Waals surface area contributed by atoms with Crippen molar-refractivity contribution in [2.45, 2.75) is 64.0 Å². The molecule has 1 saturated heterocycles. The smallest absolute Gasteiger partial charge is 0.245 e. The molecule has 2 aliphatic rings. The van der Waals surface area contributed by atoms with Crippen LogP contribution in [0.15, 0.2) is 40.9 Å². The molecule has 29 heavy (non-hydrogen) atoms. The predicted octanol–water partition coefficient (Wildman–Crippen LogP) is 3.52. The van der Waals surface area contributed by atoms with Crippen LogP contribution in [-0.4, -0.2) is 45.9 Å². The highest BCUT2D eigenvalue weighted by Crippen LogP contribution is 2.32. The van der Waals surface area contributed by atoms with Gasteiger partial charge in [0, 0.05) is 18.5 Å². The molecule has 2 fully saturated rings. The number of carbonyl (C=O) groups excluding carboxylic acids is 2. The molecule has 1 aliphatic carbocycles. The van der Waals surface area contributed by atoms with Crippen LogP contribution in [0, 0.1) is 0 Å². The summed E-state index contributed by atoms with van der Waals surface area (Å²) in [5, 5.41) is 4.24. The standard InChI is InChI=1S/C23H29N3O3/c1-17-23(28)25(13-12-18-8-4-2-5-9-18)16-22(27)26(17)15-20-14-21(24-29-20)19-10-6-3-7-11-19/h2,4-5,8-9,14,17,19H,3,6-7,10-13,15-16H2,1H3/t17-/m1/s1. The van der Waals surface area contributed by atoms with E-state index in [1.54, 1.807) is 16.7 Å². The van der Waals surface area contributed by atoms with Crippen LogP contribution in [0.25, 0.3) is 0 Å². The van der Waals surface area contributed by atoms with Crippen molar-refractivity contribution < 1.29 is 14.1 Å². The summed E-state index contributed by atoms with van der Waals surface area (Å²) in [6.07, 6.45) is 6.83. The Labute approximate surface area is 171 Å². The van der Waals surface area contributed by atoms with Crippen molar-refractivity contribution in [3.63, 3.8) is 0 Å². The molecule has 0 spiro atoms. The van der Waals surface area contributed by atoms with Gasteiger partial charge in [0.2, 0.25) is 11.8 Å². The zero-order chi connectivity index (χ0) is 20.2. The molecule has 2 amide bonds. The van der Waals surface area contributed by atoms with E-state index < -0.39 is 6.04 Å². The van der Waals surface area contributed by atoms with Crippen molar-refractivity contribution >= 4 is 11.8 Å². The van der Waals surface area contributed by atoms with E-state index in [2.05, 4.69) is 5.16 Å². The molecule has 1 aliphatic heterocycles. The van der Waals surface area contributed by atoms with Crippen LogP contribution in [0.1, 0.15) is 62.0 Å². The zero-order valence-electron chi connectivity index (χ0n) is 17.0. The maximum atomic E-state index is 12.8. The third kappa shape index (κ3) is 4.52. The lowest BCUT2D eigenvalue weighted by molar-refractivity contribution is -0.155. The average molecular weight is 396 g/mol. The minimum absolute atomic E-state index is 0.00690. The fourth-order valence-corrected chi connectivity index (χ4v) is 4.43. The summed E-state index contributed by atoms with van der Waals surface area (Å²) in [6.45, 7) is 2.78. The number of piperazine rings is 1. The molecule has 0 bridgehead atoms. The molecular weight excluding hydrogens is 366 g/mol. The summed E-state index contributed by atoms with van der Waals surface area (Å²) in [7, 11) is 0. The predicted molar refractivity (Wildman–Crippen MR) is 109 cm³/mol. The normalized spacial score (nSPS) is 21.1. The SMILES string of the molecule is C[C@@H]1C(=O)N(CCc2ccccc2)CC(=O)N1Cc1cc(C2CCCCC2)no1. The Morgan fingerprint density at radius 3 is 2.62 bits per heavy atom. The Balaban J connectivity index is 1.36. The highest BCUT2D eigenvalue weighted by Gasteiger charge is 2.36. The molecule has 6 nitrogen and oxygen atoms in total. The highest BCUT2D eigenvalue weighted by molar-refractivity contribution is 5.94. The molecule has 0 N–H and O–H groups in total. The summed E-state index contributed by atoms with van der Waals surface area (Å²) >= 11 is 0. The highest BCUT2D eigenvalue weighted by atomic mass is 16.5. The first-order valence-electron chi connectivity index (χ1n) is 10.7. The number of hydrogen-bond donors (Lipinski definition) is 0. The van der Waals surface area contributed by atoms with Gasteiger partial charge in [-0.15, -0.1) is 0 Å². The number of nitrogens with zero attached hydrogens (tertiary/aromatic N) is 3. The van der Waals surface area contributed by atoms with Crippen molar-refractivity contribution in [1.29, 1.82) is 0 Å². The quantitative estimate of drug-likeness (QED) is 0.751. The molecule has 2 heterocycles. The lowest BCUT2D eigenvalue weighted by Crippen LogP contribution is -2.58. The van der Waals surface area contributed by atoms with Crippen molar-refractivity contribution in [3.05, 3.63) is 53.4 Å². The summed E-state index contributed by atoms with van der Waals surface area (Å²) in [4.78, 5) is 28.9. The Hall–Kier alpha value is -2.63. The zero-order valence-corrected chi connectivity index (χ0v) is 17.0. The minimum Gasteiger partial charge on any atom is -0.359 e. The Morgan fingerprint density at radius 2 is 1.86 bits per heavy atom. The lowest BCUT2D eigenvalue weighted by atomic mass is 9.87. The Morgan fingerprint density at radius 1 is 1.10 bits per heavy atom. The molecule has 2 aromatic rings. The van der Waals surface area contributed by atoms with E-state index in [0.717, 1.165) is 25.0 Å². The van der Waals surface area contributed by atoms with E-state index in [1.165, 1.54) is 24.8 Å². The Bertz CT molecular complexity index is 842. The summed E-state index contributed by atoms with van der Waals surface area (Å²) in [5.41, 5.74) is 2.16. The fourth-order valence-electron chi connectivity index (χ4n) is 4.43. The maximum absolute atomic E-state index is 12.8. The largest absolute Gasteiger partial charge is 0.359 e. The summed E-state index contributed by atoms with van der Waals surface area (Å²) in [5.74, 6) is 1.08. The van der Waals surface area contributed by atoms with Crippen LogP contribution < -0.4 is 0 Å². The van der Waals surface area contributed by atoms with E-state index in [4.69, 9.17) is 4.52 Å². The number of benzene rings is 1. The van der Waals surface area contributed by atoms with E-state index >= 15 is 0 Å². The summed E-state index contributed by atoms with van der Waals surface area (Å²) in [6, 6.07) is 11.5. The topological polar surface area (TPSA) is 66.7 Å². The second-order valence-corrected chi connectivity index (χ2v) is 8.25. The van der Waals surface area contributed by atoms with Gasteiger partial charge in [0.25, 0.3) is 0 Å². The van der Waals surface area contributed by atoms with Gasteiger partial charge in [0.1, 0.15) is 6.04 Å². The van der Waals surface area contributed by atoms with E-state index in [9.17, 15) is 9.59 Å². The van der Waals surface area contributed by atoms with Crippen LogP contribution in [0.4, 0.5) is 0 Å². The van der Waals surface area contributed by atoms with E-state index in [-0.39, 0.29) is 18.4 Å². The third-order valence-corrected chi connectivity index (χ3v) is 6.22. The monoisotopic (exact) mass is 395 g/mol. The van der Waals surface area contributed by atoms with E-state index in [0.29, 0.717) is 24.8 Å². The van der Waals surface area contributed by atoms with Crippen LogP contribution in [-0.2, 0) is 22.6 Å². The molecule has 0 radical (unpaired) electrons. The molecule has 4 rings (SSSR count). The van der Waals surface area contributed by atoms with Crippen LogP contribution >= 0.6 is 0 Å². The number of hydrogen-bond acceptors (Lipinski definition) is 4. The molecule has 1 atom stereocenters. The van der Waals surface area contributed by atoms with Gasteiger partial charge in [-0.1, -0.05) is 54.8 Å². The van der Waals surface area contributed by atoms with Crippen molar-refractivity contribution in [2.75, 3.05) is 13.1 Å². The third-order valence-electron chi connectivity index (χ3n) is 6.22. The van der Waals surface area contributed by atoms with Gasteiger partial charge in [-0.2, -0.15) is 0 Å². The second-order valence-electron chi connectivity index (χ2n) is 8.25. The van der Waals surface area contributed by atoms with Crippen LogP contribution in [0.5, 0.6) is 0 Å². The first-order valence-corrected chi connectivity index (χ1v) is 10.7. The average Bonchev–Trinajstić information content (AvgIpc) is 3.23. The van der Waals surface area contributed by atoms with Crippen molar-refractivity contribution in [1.82, 2.24) is 15.0 Å². The molecular formula is C23H29N3O3. The van der Waals surface area contributed by atoms with Gasteiger partial charge in [-0.25, -0.2) is 0 Å². The molecule has 1 aromatic carbocycles. The molecule has 154 valence electrons. The fraction of sp³-hybridized carbons (Fsp3) is 0.522. The number of aromatic nitrogens is 1. The van der Waals surface area contributed by atoms with Crippen molar-refractivity contribution in [2.24, 2.45) is 0 Å². The first kappa shape index (κ1) is 19.7. The van der Waals surface area contributed by atoms with Gasteiger partial charge in [-0.3, -0.25) is 9.59 Å². The Kier molecular flexibility index (Phi) is 5.97. The number of amides is 2. The maximum Gasteiger partial charge on any atom is 0.245 e. The minimum atomic E-state index is -0.491. The van der Waals surface area contributed by atoms with Crippen LogP contribution in [0.2, 0.25) is 0 Å². The van der Waals surface area contributed by atoms with Gasteiger partial charge < -0.3 is 14.3 Å². The van der Waals surface area contributed by atoms with Gasteiger partial charge in [0.15, 0.2) is 5.76 Å². The van der Waals surface area contributed by atoms with Crippen LogP contribution in [0.3, 0.4) is 0 Å². The number of carbonyl (C=O) groups is 2. The second kappa shape index (κ2) is 8.80. The van der Waals surface area contributed by atoms with Gasteiger partial charge in [-0.05, 0) is 31.7 Å². The lowest BCUT2D eigenvalue weighted by Gasteiger charge is -2.38. The molecule has 0 unspecified atom stereocenters. The van der Waals surface area contributed by atoms with Gasteiger partial charge in [0.05, 0.1) is 18.8 Å². The first-order chi connectivity index (χ1) is 14.1. The molecule has 1 saturated carbocycles. The summed E-state index contributed by atoms with van der Waals surface area (Å²) < 4.78 is 5.52. The molecule has 6 heteroatoms. The van der Waals surface area contributed by atoms with Crippen molar-refractivity contribution in [3.8, 4) is 0 Å². The number of rotatable bonds is 6. The molecule has 1 aromatic heterocycles. The van der Waals surface area contributed by atoms with Gasteiger partial charge >= 0.3 is 0 Å².